The molecule has 6 nitrogen and oxygen atoms in total. The molecule has 0 bridgehead atoms. The Labute approximate surface area is 153 Å². The minimum atomic E-state index is -0.577. The van der Waals surface area contributed by atoms with Crippen molar-refractivity contribution < 1.29 is 14.0 Å². The van der Waals surface area contributed by atoms with Crippen LogP contribution < -0.4 is 5.32 Å². The van der Waals surface area contributed by atoms with Crippen LogP contribution in [0.5, 0.6) is 0 Å². The van der Waals surface area contributed by atoms with Crippen molar-refractivity contribution in [1.82, 2.24) is 15.5 Å². The fraction of sp³-hybridized carbons (Fsp3) is 0.778. The van der Waals surface area contributed by atoms with Crippen LogP contribution in [0.15, 0.2) is 9.64 Å². The summed E-state index contributed by atoms with van der Waals surface area (Å²) in [5.41, 5.74) is 0. The van der Waals surface area contributed by atoms with Crippen molar-refractivity contribution in [2.45, 2.75) is 88.7 Å². The Morgan fingerprint density at radius 3 is 2.60 bits per heavy atom. The molecule has 0 unspecified atom stereocenters. The third-order valence-corrected chi connectivity index (χ3v) is 5.25. The molecule has 0 spiro atoms. The zero-order valence-corrected chi connectivity index (χ0v) is 16.2. The lowest BCUT2D eigenvalue weighted by molar-refractivity contribution is -0.126. The lowest BCUT2D eigenvalue weighted by atomic mass is 9.88. The Morgan fingerprint density at radius 2 is 1.96 bits per heavy atom. The first kappa shape index (κ1) is 19.9. The van der Waals surface area contributed by atoms with Gasteiger partial charge in [0, 0.05) is 11.2 Å². The van der Waals surface area contributed by atoms with E-state index in [-0.39, 0.29) is 23.5 Å². The van der Waals surface area contributed by atoms with Gasteiger partial charge >= 0.3 is 0 Å². The van der Waals surface area contributed by atoms with Crippen LogP contribution in [0.25, 0.3) is 0 Å². The SMILES string of the molecule is CCCC[C@H](NC(=O)C1CCCCC1)C(=O)c1nnc(SC(C)C)o1. The van der Waals surface area contributed by atoms with Gasteiger partial charge in [0.1, 0.15) is 0 Å². The number of aromatic nitrogens is 2. The van der Waals surface area contributed by atoms with Crippen LogP contribution in [-0.4, -0.2) is 33.2 Å². The summed E-state index contributed by atoms with van der Waals surface area (Å²) in [7, 11) is 0. The fourth-order valence-corrected chi connectivity index (χ4v) is 3.66. The molecule has 1 aromatic rings. The Balaban J connectivity index is 2.03. The minimum absolute atomic E-state index is 0.00630. The highest BCUT2D eigenvalue weighted by atomic mass is 32.2. The third kappa shape index (κ3) is 6.13. The van der Waals surface area contributed by atoms with Gasteiger partial charge in [-0.25, -0.2) is 0 Å². The average molecular weight is 368 g/mol. The van der Waals surface area contributed by atoms with Gasteiger partial charge in [-0.2, -0.15) is 0 Å². The van der Waals surface area contributed by atoms with E-state index in [0.717, 1.165) is 38.5 Å². The second-order valence-corrected chi connectivity index (χ2v) is 8.47. The van der Waals surface area contributed by atoms with Crippen molar-refractivity contribution in [1.29, 1.82) is 0 Å². The maximum Gasteiger partial charge on any atom is 0.286 e. The normalized spacial score (nSPS) is 16.8. The Hall–Kier alpha value is -1.37. The zero-order chi connectivity index (χ0) is 18.2. The molecular formula is C18H29N3O3S. The zero-order valence-electron chi connectivity index (χ0n) is 15.4. The number of thioether (sulfide) groups is 1. The number of amides is 1. The standard InChI is InChI=1S/C18H29N3O3S/c1-4-5-11-14(19-16(23)13-9-7-6-8-10-13)15(22)17-20-21-18(24-17)25-12(2)3/h12-14H,4-11H2,1-3H3,(H,19,23)/t14-/m0/s1. The van der Waals surface area contributed by atoms with E-state index in [0.29, 0.717) is 16.9 Å². The molecule has 1 aliphatic rings. The van der Waals surface area contributed by atoms with Crippen molar-refractivity contribution in [3.05, 3.63) is 5.89 Å². The van der Waals surface area contributed by atoms with Crippen molar-refractivity contribution in [3.8, 4) is 0 Å². The number of nitrogens with one attached hydrogen (secondary N) is 1. The van der Waals surface area contributed by atoms with Gasteiger partial charge in [0.15, 0.2) is 0 Å². The number of ketones is 1. The molecule has 7 heteroatoms. The van der Waals surface area contributed by atoms with E-state index in [2.05, 4.69) is 22.4 Å². The molecule has 1 fully saturated rings. The smallest absolute Gasteiger partial charge is 0.286 e. The molecule has 1 saturated carbocycles. The molecule has 2 rings (SSSR count). The summed E-state index contributed by atoms with van der Waals surface area (Å²) in [5.74, 6) is -0.264. The molecule has 1 atom stereocenters. The highest BCUT2D eigenvalue weighted by Crippen LogP contribution is 2.25. The Morgan fingerprint density at radius 1 is 1.24 bits per heavy atom. The van der Waals surface area contributed by atoms with Gasteiger partial charge in [0.25, 0.3) is 11.1 Å². The lowest BCUT2D eigenvalue weighted by Crippen LogP contribution is -2.44. The van der Waals surface area contributed by atoms with Crippen molar-refractivity contribution in [3.63, 3.8) is 0 Å². The quantitative estimate of drug-likeness (QED) is 0.524. The summed E-state index contributed by atoms with van der Waals surface area (Å²) in [5, 5.41) is 11.4. The maximum atomic E-state index is 12.7. The molecule has 0 radical (unpaired) electrons. The molecule has 1 N–H and O–H groups in total. The summed E-state index contributed by atoms with van der Waals surface area (Å²) in [6, 6.07) is -0.577. The minimum Gasteiger partial charge on any atom is -0.408 e. The van der Waals surface area contributed by atoms with E-state index in [9.17, 15) is 9.59 Å². The van der Waals surface area contributed by atoms with Gasteiger partial charge < -0.3 is 9.73 Å². The van der Waals surface area contributed by atoms with Gasteiger partial charge in [-0.1, -0.05) is 64.6 Å². The summed E-state index contributed by atoms with van der Waals surface area (Å²) < 4.78 is 5.48. The summed E-state index contributed by atoms with van der Waals surface area (Å²) >= 11 is 1.42. The second-order valence-electron chi connectivity index (χ2n) is 6.94. The highest BCUT2D eigenvalue weighted by Gasteiger charge is 2.29. The van der Waals surface area contributed by atoms with Gasteiger partial charge in [-0.15, -0.1) is 10.2 Å². The van der Waals surface area contributed by atoms with Crippen LogP contribution in [0.1, 0.15) is 82.8 Å². The first-order valence-corrected chi connectivity index (χ1v) is 10.2. The molecule has 0 aromatic carbocycles. The lowest BCUT2D eigenvalue weighted by Gasteiger charge is -2.23. The van der Waals surface area contributed by atoms with E-state index < -0.39 is 6.04 Å². The number of hydrogen-bond acceptors (Lipinski definition) is 6. The molecule has 1 aliphatic carbocycles. The molecule has 25 heavy (non-hydrogen) atoms. The first-order valence-electron chi connectivity index (χ1n) is 9.36. The monoisotopic (exact) mass is 367 g/mol. The van der Waals surface area contributed by atoms with E-state index in [1.165, 1.54) is 18.2 Å². The van der Waals surface area contributed by atoms with Crippen molar-refractivity contribution >= 4 is 23.5 Å². The van der Waals surface area contributed by atoms with E-state index in [1.807, 2.05) is 13.8 Å². The van der Waals surface area contributed by atoms with Crippen molar-refractivity contribution in [2.75, 3.05) is 0 Å². The maximum absolute atomic E-state index is 12.7. The average Bonchev–Trinajstić information content (AvgIpc) is 3.06. The molecular weight excluding hydrogens is 338 g/mol. The van der Waals surface area contributed by atoms with E-state index >= 15 is 0 Å². The summed E-state index contributed by atoms with van der Waals surface area (Å²) in [6.45, 7) is 6.10. The number of rotatable bonds is 9. The van der Waals surface area contributed by atoms with Crippen LogP contribution in [-0.2, 0) is 4.79 Å². The third-order valence-electron chi connectivity index (χ3n) is 4.41. The van der Waals surface area contributed by atoms with Crippen LogP contribution >= 0.6 is 11.8 Å². The predicted octanol–water partition coefficient (Wildman–Crippen LogP) is 4.01. The summed E-state index contributed by atoms with van der Waals surface area (Å²) in [4.78, 5) is 25.3. The predicted molar refractivity (Wildman–Crippen MR) is 97.7 cm³/mol. The number of hydrogen-bond donors (Lipinski definition) is 1. The van der Waals surface area contributed by atoms with Gasteiger partial charge in [-0.3, -0.25) is 9.59 Å². The molecule has 0 aliphatic heterocycles. The summed E-state index contributed by atoms with van der Waals surface area (Å²) in [6.07, 6.45) is 7.62. The molecule has 140 valence electrons. The van der Waals surface area contributed by atoms with E-state index in [1.54, 1.807) is 0 Å². The second kappa shape index (κ2) is 9.94. The first-order chi connectivity index (χ1) is 12.0. The van der Waals surface area contributed by atoms with Crippen molar-refractivity contribution in [2.24, 2.45) is 5.92 Å². The number of carbonyl (C=O) groups excluding carboxylic acids is 2. The largest absolute Gasteiger partial charge is 0.408 e. The van der Waals surface area contributed by atoms with Gasteiger partial charge in [-0.05, 0) is 19.3 Å². The molecule has 1 aromatic heterocycles. The fourth-order valence-electron chi connectivity index (χ4n) is 3.04. The highest BCUT2D eigenvalue weighted by molar-refractivity contribution is 7.99. The molecule has 1 amide bonds. The Kier molecular flexibility index (Phi) is 7.93. The number of nitrogens with zero attached hydrogens (tertiary/aromatic N) is 2. The topological polar surface area (TPSA) is 85.1 Å². The van der Waals surface area contributed by atoms with Crippen LogP contribution in [0, 0.1) is 5.92 Å². The van der Waals surface area contributed by atoms with Crippen LogP contribution in [0.3, 0.4) is 0 Å². The number of carbonyl (C=O) groups is 2. The van der Waals surface area contributed by atoms with E-state index in [4.69, 9.17) is 4.42 Å². The molecule has 0 saturated heterocycles. The molecule has 1 heterocycles. The van der Waals surface area contributed by atoms with Crippen LogP contribution in [0.4, 0.5) is 0 Å². The van der Waals surface area contributed by atoms with Gasteiger partial charge in [0.05, 0.1) is 6.04 Å². The van der Waals surface area contributed by atoms with Gasteiger partial charge in [0.2, 0.25) is 11.7 Å². The Bertz CT molecular complexity index is 568. The number of Topliss-reactive ketones (excluding diaryl/α,β-unsaturated/α-hetero) is 1. The number of unbranched alkanes of at least 4 members (excludes halogenated alkanes) is 1. The van der Waals surface area contributed by atoms with Crippen LogP contribution in [0.2, 0.25) is 0 Å².